The number of aromatic nitrogens is 3. The average Bonchev–Trinajstić information content (AvgIpc) is 3.17. The number of halogens is 1. The predicted molar refractivity (Wildman–Crippen MR) is 103 cm³/mol. The van der Waals surface area contributed by atoms with E-state index in [1.807, 2.05) is 30.5 Å². The molecule has 3 aromatic rings. The maximum absolute atomic E-state index is 13.3. The molecular weight excluding hydrogens is 343 g/mol. The van der Waals surface area contributed by atoms with E-state index in [1.165, 1.54) is 12.1 Å². The van der Waals surface area contributed by atoms with Crippen LogP contribution in [-0.4, -0.2) is 27.2 Å². The molecule has 0 saturated heterocycles. The molecule has 2 aromatic heterocycles. The number of pyridine rings is 1. The molecule has 3 rings (SSSR count). The van der Waals surface area contributed by atoms with Crippen molar-refractivity contribution in [3.05, 3.63) is 84.1 Å². The number of carbonyl (C=O) groups is 1. The summed E-state index contributed by atoms with van der Waals surface area (Å²) < 4.78 is 15.0. The molecule has 0 bridgehead atoms. The summed E-state index contributed by atoms with van der Waals surface area (Å²) in [5.41, 5.74) is 2.56. The average molecular weight is 364 g/mol. The predicted octanol–water partition coefficient (Wildman–Crippen LogP) is 3.34. The van der Waals surface area contributed by atoms with Crippen molar-refractivity contribution in [3.63, 3.8) is 0 Å². The van der Waals surface area contributed by atoms with Gasteiger partial charge in [0.15, 0.2) is 5.82 Å². The SMILES string of the molecule is C=C(C(=O)NCCc1cccc(-n2ccc(CC)n2)n1)c1cccc(F)c1. The van der Waals surface area contributed by atoms with Gasteiger partial charge in [0.2, 0.25) is 0 Å². The second-order valence-electron chi connectivity index (χ2n) is 6.09. The molecule has 0 aliphatic heterocycles. The van der Waals surface area contributed by atoms with E-state index in [0.29, 0.717) is 18.5 Å². The van der Waals surface area contributed by atoms with Gasteiger partial charge in [-0.05, 0) is 42.3 Å². The van der Waals surface area contributed by atoms with E-state index < -0.39 is 5.82 Å². The van der Waals surface area contributed by atoms with Crippen molar-refractivity contribution in [3.8, 4) is 5.82 Å². The molecule has 1 aromatic carbocycles. The number of carbonyl (C=O) groups excluding carboxylic acids is 1. The van der Waals surface area contributed by atoms with Gasteiger partial charge in [0, 0.05) is 30.4 Å². The Balaban J connectivity index is 1.58. The van der Waals surface area contributed by atoms with Crippen molar-refractivity contribution in [1.29, 1.82) is 0 Å². The van der Waals surface area contributed by atoms with E-state index in [-0.39, 0.29) is 11.5 Å². The Morgan fingerprint density at radius 1 is 1.19 bits per heavy atom. The highest BCUT2D eigenvalue weighted by Crippen LogP contribution is 2.13. The van der Waals surface area contributed by atoms with Gasteiger partial charge in [-0.25, -0.2) is 14.1 Å². The first kappa shape index (κ1) is 18.5. The summed E-state index contributed by atoms with van der Waals surface area (Å²) in [6.07, 6.45) is 3.32. The van der Waals surface area contributed by atoms with Crippen LogP contribution in [0.15, 0.2) is 61.3 Å². The molecular formula is C21H21FN4O. The van der Waals surface area contributed by atoms with Crippen LogP contribution < -0.4 is 5.32 Å². The van der Waals surface area contributed by atoms with E-state index in [2.05, 4.69) is 28.9 Å². The molecule has 138 valence electrons. The van der Waals surface area contributed by atoms with Gasteiger partial charge in [0.25, 0.3) is 5.91 Å². The minimum atomic E-state index is -0.396. The second-order valence-corrected chi connectivity index (χ2v) is 6.09. The lowest BCUT2D eigenvalue weighted by Gasteiger charge is -2.09. The first-order valence-electron chi connectivity index (χ1n) is 8.80. The van der Waals surface area contributed by atoms with Crippen LogP contribution in [0.4, 0.5) is 4.39 Å². The standard InChI is InChI=1S/C21H21FN4O/c1-3-18-11-13-26(25-18)20-9-5-8-19(24-20)10-12-23-21(27)15(2)16-6-4-7-17(22)14-16/h4-9,11,13-14H,2-3,10,12H2,1H3,(H,23,27). The Morgan fingerprint density at radius 2 is 2.00 bits per heavy atom. The van der Waals surface area contributed by atoms with Crippen LogP contribution in [0, 0.1) is 5.82 Å². The van der Waals surface area contributed by atoms with Gasteiger partial charge in [0.1, 0.15) is 5.82 Å². The molecule has 0 atom stereocenters. The lowest BCUT2D eigenvalue weighted by Crippen LogP contribution is -2.26. The van der Waals surface area contributed by atoms with Crippen LogP contribution in [-0.2, 0) is 17.6 Å². The maximum atomic E-state index is 13.3. The number of benzene rings is 1. The third kappa shape index (κ3) is 4.67. The molecule has 0 aliphatic carbocycles. The van der Waals surface area contributed by atoms with Gasteiger partial charge in [-0.2, -0.15) is 5.10 Å². The largest absolute Gasteiger partial charge is 0.352 e. The number of rotatable bonds is 7. The summed E-state index contributed by atoms with van der Waals surface area (Å²) in [5, 5.41) is 7.25. The fraction of sp³-hybridized carbons (Fsp3) is 0.190. The molecule has 0 aliphatic rings. The molecule has 1 amide bonds. The summed E-state index contributed by atoms with van der Waals surface area (Å²) in [4.78, 5) is 16.8. The molecule has 6 heteroatoms. The molecule has 0 unspecified atom stereocenters. The molecule has 2 heterocycles. The number of amides is 1. The third-order valence-electron chi connectivity index (χ3n) is 4.15. The fourth-order valence-electron chi connectivity index (χ4n) is 2.63. The van der Waals surface area contributed by atoms with E-state index in [0.717, 1.165) is 23.6 Å². The number of hydrogen-bond acceptors (Lipinski definition) is 3. The topological polar surface area (TPSA) is 59.8 Å². The zero-order valence-electron chi connectivity index (χ0n) is 15.2. The summed E-state index contributed by atoms with van der Waals surface area (Å²) >= 11 is 0. The van der Waals surface area contributed by atoms with Crippen molar-refractivity contribution in [1.82, 2.24) is 20.1 Å². The van der Waals surface area contributed by atoms with Crippen LogP contribution in [0.3, 0.4) is 0 Å². The van der Waals surface area contributed by atoms with Crippen molar-refractivity contribution in [2.24, 2.45) is 0 Å². The minimum absolute atomic E-state index is 0.236. The number of aryl methyl sites for hydroxylation is 1. The first-order chi connectivity index (χ1) is 13.1. The zero-order chi connectivity index (χ0) is 19.2. The third-order valence-corrected chi connectivity index (χ3v) is 4.15. The normalized spacial score (nSPS) is 10.6. The molecule has 0 spiro atoms. The highest BCUT2D eigenvalue weighted by atomic mass is 19.1. The van der Waals surface area contributed by atoms with Gasteiger partial charge in [-0.3, -0.25) is 4.79 Å². The van der Waals surface area contributed by atoms with Gasteiger partial charge < -0.3 is 5.32 Å². The monoisotopic (exact) mass is 364 g/mol. The van der Waals surface area contributed by atoms with Gasteiger partial charge >= 0.3 is 0 Å². The minimum Gasteiger partial charge on any atom is -0.352 e. The van der Waals surface area contributed by atoms with Crippen LogP contribution >= 0.6 is 0 Å². The number of nitrogens with zero attached hydrogens (tertiary/aromatic N) is 3. The van der Waals surface area contributed by atoms with Crippen molar-refractivity contribution >= 4 is 11.5 Å². The van der Waals surface area contributed by atoms with E-state index in [9.17, 15) is 9.18 Å². The van der Waals surface area contributed by atoms with E-state index >= 15 is 0 Å². The second kappa shape index (κ2) is 8.40. The Labute approximate surface area is 157 Å². The summed E-state index contributed by atoms with van der Waals surface area (Å²) in [6.45, 7) is 6.21. The Hall–Kier alpha value is -3.28. The van der Waals surface area contributed by atoms with E-state index in [1.54, 1.807) is 16.8 Å². The lowest BCUT2D eigenvalue weighted by molar-refractivity contribution is -0.115. The van der Waals surface area contributed by atoms with Gasteiger partial charge in [-0.1, -0.05) is 31.7 Å². The molecule has 5 nitrogen and oxygen atoms in total. The van der Waals surface area contributed by atoms with E-state index in [4.69, 9.17) is 0 Å². The fourth-order valence-corrected chi connectivity index (χ4v) is 2.63. The quantitative estimate of drug-likeness (QED) is 0.654. The summed E-state index contributed by atoms with van der Waals surface area (Å²) in [6, 6.07) is 13.5. The number of hydrogen-bond donors (Lipinski definition) is 1. The highest BCUT2D eigenvalue weighted by molar-refractivity contribution is 6.18. The molecule has 27 heavy (non-hydrogen) atoms. The van der Waals surface area contributed by atoms with Crippen LogP contribution in [0.2, 0.25) is 0 Å². The molecule has 0 saturated carbocycles. The Bertz CT molecular complexity index is 964. The lowest BCUT2D eigenvalue weighted by atomic mass is 10.1. The van der Waals surface area contributed by atoms with Crippen molar-refractivity contribution in [2.75, 3.05) is 6.54 Å². The molecule has 0 radical (unpaired) electrons. The first-order valence-corrected chi connectivity index (χ1v) is 8.80. The van der Waals surface area contributed by atoms with Gasteiger partial charge in [0.05, 0.1) is 5.69 Å². The van der Waals surface area contributed by atoms with Crippen LogP contribution in [0.5, 0.6) is 0 Å². The van der Waals surface area contributed by atoms with Crippen LogP contribution in [0.1, 0.15) is 23.9 Å². The van der Waals surface area contributed by atoms with Crippen molar-refractivity contribution < 1.29 is 9.18 Å². The zero-order valence-corrected chi connectivity index (χ0v) is 15.2. The van der Waals surface area contributed by atoms with Crippen LogP contribution in [0.25, 0.3) is 11.4 Å². The highest BCUT2D eigenvalue weighted by Gasteiger charge is 2.10. The maximum Gasteiger partial charge on any atom is 0.251 e. The summed E-state index contributed by atoms with van der Waals surface area (Å²) in [5.74, 6) is 0.0198. The number of nitrogens with one attached hydrogen (secondary N) is 1. The Morgan fingerprint density at radius 3 is 2.74 bits per heavy atom. The summed E-state index contributed by atoms with van der Waals surface area (Å²) in [7, 11) is 0. The molecule has 0 fully saturated rings. The Kier molecular flexibility index (Phi) is 5.76. The smallest absolute Gasteiger partial charge is 0.251 e. The van der Waals surface area contributed by atoms with Crippen molar-refractivity contribution in [2.45, 2.75) is 19.8 Å². The van der Waals surface area contributed by atoms with Gasteiger partial charge in [-0.15, -0.1) is 0 Å². The molecule has 1 N–H and O–H groups in total.